The summed E-state index contributed by atoms with van der Waals surface area (Å²) in [5, 5.41) is 21.9. The smallest absolute Gasteiger partial charge is 0.328 e. The molecule has 2 amide bonds. The molecule has 1 rings (SSSR count). The second-order valence-corrected chi connectivity index (χ2v) is 3.40. The highest BCUT2D eigenvalue weighted by molar-refractivity contribution is 5.92. The summed E-state index contributed by atoms with van der Waals surface area (Å²) in [7, 11) is 1.52. The predicted molar refractivity (Wildman–Crippen MR) is 63.7 cm³/mol. The number of nitrogens with one attached hydrogen (secondary N) is 2. The minimum Gasteiger partial charge on any atom is -0.497 e. The first kappa shape index (κ1) is 13.8. The Morgan fingerprint density at radius 1 is 1.33 bits per heavy atom. The third kappa shape index (κ3) is 3.95. The van der Waals surface area contributed by atoms with Crippen molar-refractivity contribution in [2.45, 2.75) is 6.04 Å². The number of aliphatic hydroxyl groups excluding tert-OH is 1. The third-order valence-corrected chi connectivity index (χ3v) is 2.13. The van der Waals surface area contributed by atoms with Crippen LogP contribution in [0.1, 0.15) is 0 Å². The van der Waals surface area contributed by atoms with Gasteiger partial charge in [-0.15, -0.1) is 0 Å². The van der Waals surface area contributed by atoms with Crippen molar-refractivity contribution in [3.8, 4) is 5.75 Å². The Morgan fingerprint density at radius 3 is 2.39 bits per heavy atom. The number of methoxy groups -OCH3 is 1. The van der Waals surface area contributed by atoms with Gasteiger partial charge in [-0.25, -0.2) is 9.59 Å². The third-order valence-electron chi connectivity index (χ3n) is 2.13. The highest BCUT2D eigenvalue weighted by Crippen LogP contribution is 2.14. The van der Waals surface area contributed by atoms with E-state index in [-0.39, 0.29) is 0 Å². The van der Waals surface area contributed by atoms with Gasteiger partial charge in [0.1, 0.15) is 5.75 Å². The van der Waals surface area contributed by atoms with E-state index in [1.165, 1.54) is 7.11 Å². The van der Waals surface area contributed by atoms with Crippen LogP contribution in [-0.2, 0) is 4.79 Å². The quantitative estimate of drug-likeness (QED) is 0.603. The molecule has 4 N–H and O–H groups in total. The fraction of sp³-hybridized carbons (Fsp3) is 0.273. The molecule has 0 bridgehead atoms. The monoisotopic (exact) mass is 254 g/mol. The average molecular weight is 254 g/mol. The number of benzene rings is 1. The van der Waals surface area contributed by atoms with Crippen molar-refractivity contribution in [3.05, 3.63) is 24.3 Å². The van der Waals surface area contributed by atoms with Crippen LogP contribution in [0.2, 0.25) is 0 Å². The molecule has 7 heteroatoms. The number of aliphatic hydroxyl groups is 1. The zero-order valence-corrected chi connectivity index (χ0v) is 9.71. The second kappa shape index (κ2) is 6.45. The number of hydrogen-bond acceptors (Lipinski definition) is 4. The molecule has 0 aliphatic carbocycles. The van der Waals surface area contributed by atoms with Gasteiger partial charge in [-0.3, -0.25) is 0 Å². The van der Waals surface area contributed by atoms with Gasteiger partial charge in [-0.1, -0.05) is 0 Å². The molecule has 1 aromatic rings. The molecule has 0 spiro atoms. The summed E-state index contributed by atoms with van der Waals surface area (Å²) in [4.78, 5) is 22.0. The van der Waals surface area contributed by atoms with Crippen LogP contribution in [0.3, 0.4) is 0 Å². The SMILES string of the molecule is COc1ccc(NC(=O)NC(CO)C(=O)O)cc1. The minimum absolute atomic E-state index is 0.482. The van der Waals surface area contributed by atoms with E-state index >= 15 is 0 Å². The Kier molecular flexibility index (Phi) is 4.94. The maximum absolute atomic E-state index is 11.4. The predicted octanol–water partition coefficient (Wildman–Crippen LogP) is 0.262. The van der Waals surface area contributed by atoms with E-state index in [1.807, 2.05) is 0 Å². The molecule has 0 radical (unpaired) electrons. The summed E-state index contributed by atoms with van der Waals surface area (Å²) in [6, 6.07) is 4.47. The number of ether oxygens (including phenoxy) is 1. The van der Waals surface area contributed by atoms with E-state index < -0.39 is 24.6 Å². The van der Waals surface area contributed by atoms with Crippen LogP contribution in [0, 0.1) is 0 Å². The summed E-state index contributed by atoms with van der Waals surface area (Å²) >= 11 is 0. The summed E-state index contributed by atoms with van der Waals surface area (Å²) in [5.41, 5.74) is 0.482. The normalized spacial score (nSPS) is 11.4. The van der Waals surface area contributed by atoms with Crippen LogP contribution in [0.15, 0.2) is 24.3 Å². The lowest BCUT2D eigenvalue weighted by Crippen LogP contribution is -2.45. The fourth-order valence-electron chi connectivity index (χ4n) is 1.19. The van der Waals surface area contributed by atoms with Crippen LogP contribution in [0.5, 0.6) is 5.75 Å². The topological polar surface area (TPSA) is 108 Å². The Hall–Kier alpha value is -2.28. The van der Waals surface area contributed by atoms with Crippen LogP contribution in [0.25, 0.3) is 0 Å². The molecule has 1 aromatic carbocycles. The molecule has 0 heterocycles. The molecule has 0 saturated heterocycles. The molecule has 0 fully saturated rings. The molecule has 0 saturated carbocycles. The molecule has 0 aliphatic rings. The lowest BCUT2D eigenvalue weighted by Gasteiger charge is -2.12. The maximum Gasteiger partial charge on any atom is 0.328 e. The van der Waals surface area contributed by atoms with Gasteiger partial charge in [0.05, 0.1) is 13.7 Å². The number of amides is 2. The van der Waals surface area contributed by atoms with Crippen molar-refractivity contribution in [2.24, 2.45) is 0 Å². The number of urea groups is 1. The van der Waals surface area contributed by atoms with Crippen molar-refractivity contribution < 1.29 is 24.5 Å². The highest BCUT2D eigenvalue weighted by Gasteiger charge is 2.18. The number of carbonyl (C=O) groups is 2. The first-order chi connectivity index (χ1) is 8.56. The van der Waals surface area contributed by atoms with Gasteiger partial charge in [0.25, 0.3) is 0 Å². The van der Waals surface area contributed by atoms with Gasteiger partial charge < -0.3 is 25.6 Å². The molecular weight excluding hydrogens is 240 g/mol. The number of carboxylic acids is 1. The number of rotatable bonds is 5. The summed E-state index contributed by atoms with van der Waals surface area (Å²) in [5.74, 6) is -0.665. The fourth-order valence-corrected chi connectivity index (χ4v) is 1.19. The molecule has 1 atom stereocenters. The molecule has 0 aliphatic heterocycles. The Balaban J connectivity index is 2.55. The summed E-state index contributed by atoms with van der Waals surface area (Å²) in [6.45, 7) is -0.675. The Labute approximate surface area is 103 Å². The molecule has 0 aromatic heterocycles. The van der Waals surface area contributed by atoms with Crippen molar-refractivity contribution in [3.63, 3.8) is 0 Å². The van der Waals surface area contributed by atoms with E-state index in [4.69, 9.17) is 14.9 Å². The molecule has 1 unspecified atom stereocenters. The number of anilines is 1. The number of aliphatic carboxylic acids is 1. The minimum atomic E-state index is -1.33. The van der Waals surface area contributed by atoms with Crippen LogP contribution in [-0.4, -0.2) is 42.0 Å². The summed E-state index contributed by atoms with van der Waals surface area (Å²) in [6.07, 6.45) is 0. The Bertz CT molecular complexity index is 418. The van der Waals surface area contributed by atoms with E-state index in [9.17, 15) is 9.59 Å². The van der Waals surface area contributed by atoms with E-state index in [0.29, 0.717) is 11.4 Å². The van der Waals surface area contributed by atoms with Crippen molar-refractivity contribution in [1.29, 1.82) is 0 Å². The van der Waals surface area contributed by atoms with E-state index in [2.05, 4.69) is 10.6 Å². The molecule has 18 heavy (non-hydrogen) atoms. The molecule has 7 nitrogen and oxygen atoms in total. The highest BCUT2D eigenvalue weighted by atomic mass is 16.5. The lowest BCUT2D eigenvalue weighted by molar-refractivity contribution is -0.140. The van der Waals surface area contributed by atoms with Gasteiger partial charge in [0, 0.05) is 5.69 Å². The maximum atomic E-state index is 11.4. The zero-order valence-electron chi connectivity index (χ0n) is 9.71. The standard InChI is InChI=1S/C11H14N2O5/c1-18-8-4-2-7(3-5-8)12-11(17)13-9(6-14)10(15)16/h2-5,9,14H,6H2,1H3,(H,15,16)(H2,12,13,17). The second-order valence-electron chi connectivity index (χ2n) is 3.40. The van der Waals surface area contributed by atoms with Gasteiger partial charge in [0.15, 0.2) is 6.04 Å². The van der Waals surface area contributed by atoms with E-state index in [0.717, 1.165) is 0 Å². The van der Waals surface area contributed by atoms with Crippen molar-refractivity contribution in [1.82, 2.24) is 5.32 Å². The summed E-state index contributed by atoms with van der Waals surface area (Å²) < 4.78 is 4.95. The van der Waals surface area contributed by atoms with Gasteiger partial charge in [-0.2, -0.15) is 0 Å². The van der Waals surface area contributed by atoms with Crippen molar-refractivity contribution in [2.75, 3.05) is 19.0 Å². The van der Waals surface area contributed by atoms with Crippen LogP contribution >= 0.6 is 0 Å². The number of carbonyl (C=O) groups excluding carboxylic acids is 1. The average Bonchev–Trinajstić information content (AvgIpc) is 2.36. The number of carboxylic acid groups (broad SMARTS) is 1. The largest absolute Gasteiger partial charge is 0.497 e. The van der Waals surface area contributed by atoms with Crippen LogP contribution < -0.4 is 15.4 Å². The van der Waals surface area contributed by atoms with Crippen LogP contribution in [0.4, 0.5) is 10.5 Å². The van der Waals surface area contributed by atoms with E-state index in [1.54, 1.807) is 24.3 Å². The first-order valence-corrected chi connectivity index (χ1v) is 5.12. The Morgan fingerprint density at radius 2 is 1.94 bits per heavy atom. The van der Waals surface area contributed by atoms with Crippen molar-refractivity contribution >= 4 is 17.7 Å². The number of hydrogen-bond donors (Lipinski definition) is 4. The first-order valence-electron chi connectivity index (χ1n) is 5.12. The molecular formula is C11H14N2O5. The zero-order chi connectivity index (χ0) is 13.5. The van der Waals surface area contributed by atoms with Gasteiger partial charge >= 0.3 is 12.0 Å². The van der Waals surface area contributed by atoms with Gasteiger partial charge in [-0.05, 0) is 24.3 Å². The molecule has 98 valence electrons. The van der Waals surface area contributed by atoms with Gasteiger partial charge in [0.2, 0.25) is 0 Å². The lowest BCUT2D eigenvalue weighted by atomic mass is 10.3.